The van der Waals surface area contributed by atoms with E-state index in [1.54, 1.807) is 12.0 Å². The van der Waals surface area contributed by atoms with Gasteiger partial charge in [0.2, 0.25) is 5.91 Å². The molecule has 2 heterocycles. The summed E-state index contributed by atoms with van der Waals surface area (Å²) in [6.07, 6.45) is -0.630. The molecule has 7 unspecified atom stereocenters. The van der Waals surface area contributed by atoms with Gasteiger partial charge in [-0.15, -0.1) is 11.6 Å². The molecule has 0 radical (unpaired) electrons. The summed E-state index contributed by atoms with van der Waals surface area (Å²) in [5, 5.41) is 2.78. The van der Waals surface area contributed by atoms with Crippen LogP contribution in [0, 0.1) is 23.7 Å². The molecule has 40 heavy (non-hydrogen) atoms. The second kappa shape index (κ2) is 12.3. The second-order valence-corrected chi connectivity index (χ2v) is 13.0. The van der Waals surface area contributed by atoms with E-state index in [0.717, 1.165) is 25.7 Å². The number of nitrogens with one attached hydrogen (secondary N) is 1. The Morgan fingerprint density at radius 1 is 1.05 bits per heavy atom. The number of carbonyl (C=O) groups is 2. The summed E-state index contributed by atoms with van der Waals surface area (Å²) >= 11 is 6.41. The van der Waals surface area contributed by atoms with E-state index in [2.05, 4.69) is 5.32 Å². The minimum Gasteiger partial charge on any atom is -0.381 e. The van der Waals surface area contributed by atoms with Crippen molar-refractivity contribution in [3.8, 4) is 0 Å². The second-order valence-electron chi connectivity index (χ2n) is 12.4. The number of carbonyl (C=O) groups excluding carboxylic acids is 2. The summed E-state index contributed by atoms with van der Waals surface area (Å²) in [4.78, 5) is 34.8. The molecule has 0 aromatic carbocycles. The summed E-state index contributed by atoms with van der Waals surface area (Å²) in [6, 6.07) is -1.39. The first kappa shape index (κ1) is 29.9. The minimum absolute atomic E-state index is 0.0527. The van der Waals surface area contributed by atoms with Crippen LogP contribution in [0.3, 0.4) is 0 Å². The van der Waals surface area contributed by atoms with Gasteiger partial charge in [-0.1, -0.05) is 6.42 Å². The average molecular weight is 593 g/mol. The summed E-state index contributed by atoms with van der Waals surface area (Å²) in [5.74, 6) is -2.11. The molecule has 4 fully saturated rings. The molecule has 5 rings (SSSR count). The van der Waals surface area contributed by atoms with Gasteiger partial charge in [0.25, 0.3) is 0 Å². The van der Waals surface area contributed by atoms with E-state index in [-0.39, 0.29) is 49.1 Å². The van der Waals surface area contributed by atoms with E-state index in [1.807, 2.05) is 0 Å². The number of nitrogens with zero attached hydrogens (tertiary/aromatic N) is 3. The number of halogens is 5. The largest absolute Gasteiger partial charge is 0.391 e. The molecule has 2 aliphatic heterocycles. The third-order valence-electron chi connectivity index (χ3n) is 9.89. The zero-order valence-electron chi connectivity index (χ0n) is 23.1. The first-order valence-corrected chi connectivity index (χ1v) is 15.3. The molecule has 226 valence electrons. The number of alkyl halides is 5. The Kier molecular flexibility index (Phi) is 9.19. The van der Waals surface area contributed by atoms with Crippen molar-refractivity contribution in [2.45, 2.75) is 107 Å². The Balaban J connectivity index is 1.55. The van der Waals surface area contributed by atoms with Gasteiger partial charge in [-0.25, -0.2) is 9.18 Å². The fourth-order valence-electron chi connectivity index (χ4n) is 7.83. The fraction of sp³-hybridized carbons (Fsp3) is 0.893. The molecule has 3 aliphatic carbocycles. The maximum Gasteiger partial charge on any atom is 0.391 e. The molecule has 5 aliphatic rings. The smallest absolute Gasteiger partial charge is 0.381 e. The maximum atomic E-state index is 14.8. The van der Waals surface area contributed by atoms with Crippen LogP contribution in [0.25, 0.3) is 0 Å². The lowest BCUT2D eigenvalue weighted by molar-refractivity contribution is -0.187. The molecule has 3 saturated carbocycles. The quantitative estimate of drug-likeness (QED) is 0.355. The van der Waals surface area contributed by atoms with Crippen LogP contribution in [0.4, 0.5) is 22.4 Å². The molecule has 3 amide bonds. The first-order valence-electron chi connectivity index (χ1n) is 14.9. The Morgan fingerprint density at radius 2 is 1.80 bits per heavy atom. The summed E-state index contributed by atoms with van der Waals surface area (Å²) in [6.45, 7) is 0.468. The third-order valence-corrected chi connectivity index (χ3v) is 10.3. The van der Waals surface area contributed by atoms with Gasteiger partial charge in [0, 0.05) is 31.5 Å². The highest BCUT2D eigenvalue weighted by Gasteiger charge is 2.54. The Labute approximate surface area is 238 Å². The van der Waals surface area contributed by atoms with Crippen LogP contribution in [0.1, 0.15) is 70.6 Å². The SMILES string of the molecule is COC1CCC(F)CC1C1=NC(C2CCC(Cl)CC2)C(C2CCCC(C(F)(F)F)C2)N1C(=O)N1CCNC(=O)C1. The van der Waals surface area contributed by atoms with Crippen LogP contribution in [0.15, 0.2) is 4.99 Å². The summed E-state index contributed by atoms with van der Waals surface area (Å²) < 4.78 is 62.5. The van der Waals surface area contributed by atoms with Crippen molar-refractivity contribution in [1.82, 2.24) is 15.1 Å². The normalized spacial score (nSPS) is 39.6. The molecule has 7 nitrogen and oxygen atoms in total. The molecule has 0 aromatic heterocycles. The zero-order valence-corrected chi connectivity index (χ0v) is 23.8. The number of aliphatic imine (C=N–C) groups is 1. The van der Waals surface area contributed by atoms with Gasteiger partial charge in [-0.05, 0) is 76.0 Å². The topological polar surface area (TPSA) is 74.2 Å². The van der Waals surface area contributed by atoms with Crippen molar-refractivity contribution in [3.05, 3.63) is 0 Å². The van der Waals surface area contributed by atoms with Crippen LogP contribution < -0.4 is 5.32 Å². The van der Waals surface area contributed by atoms with E-state index in [0.29, 0.717) is 44.6 Å². The number of hydrogen-bond donors (Lipinski definition) is 1. The summed E-state index contributed by atoms with van der Waals surface area (Å²) in [5.41, 5.74) is 0. The number of methoxy groups -OCH3 is 1. The van der Waals surface area contributed by atoms with Crippen LogP contribution in [0.5, 0.6) is 0 Å². The van der Waals surface area contributed by atoms with Crippen LogP contribution >= 0.6 is 11.6 Å². The first-order chi connectivity index (χ1) is 19.1. The van der Waals surface area contributed by atoms with E-state index in [4.69, 9.17) is 21.3 Å². The predicted octanol–water partition coefficient (Wildman–Crippen LogP) is 5.31. The zero-order chi connectivity index (χ0) is 28.6. The Hall–Kier alpha value is -1.62. The molecule has 1 N–H and O–H groups in total. The Morgan fingerprint density at radius 3 is 2.48 bits per heavy atom. The van der Waals surface area contributed by atoms with Gasteiger partial charge in [0.15, 0.2) is 0 Å². The molecular weight excluding hydrogens is 552 g/mol. The number of amidine groups is 1. The van der Waals surface area contributed by atoms with Crippen molar-refractivity contribution < 1.29 is 31.9 Å². The molecule has 0 spiro atoms. The highest BCUT2D eigenvalue weighted by atomic mass is 35.5. The summed E-state index contributed by atoms with van der Waals surface area (Å²) in [7, 11) is 1.57. The van der Waals surface area contributed by atoms with Crippen molar-refractivity contribution in [1.29, 1.82) is 0 Å². The van der Waals surface area contributed by atoms with Crippen molar-refractivity contribution >= 4 is 29.4 Å². The van der Waals surface area contributed by atoms with Gasteiger partial charge in [-0.2, -0.15) is 13.2 Å². The number of urea groups is 1. The lowest BCUT2D eigenvalue weighted by Crippen LogP contribution is -2.60. The number of amides is 3. The molecule has 0 aromatic rings. The monoisotopic (exact) mass is 592 g/mol. The predicted molar refractivity (Wildman–Crippen MR) is 143 cm³/mol. The molecule has 7 atom stereocenters. The van der Waals surface area contributed by atoms with E-state index >= 15 is 0 Å². The van der Waals surface area contributed by atoms with Gasteiger partial charge in [0.1, 0.15) is 18.6 Å². The van der Waals surface area contributed by atoms with Crippen molar-refractivity contribution in [2.75, 3.05) is 26.7 Å². The number of hydrogen-bond acceptors (Lipinski definition) is 4. The van der Waals surface area contributed by atoms with Gasteiger partial charge < -0.3 is 15.0 Å². The maximum absolute atomic E-state index is 14.8. The molecule has 12 heteroatoms. The van der Waals surface area contributed by atoms with Crippen LogP contribution in [-0.2, 0) is 9.53 Å². The van der Waals surface area contributed by atoms with E-state index < -0.39 is 48.2 Å². The highest BCUT2D eigenvalue weighted by Crippen LogP contribution is 2.48. The van der Waals surface area contributed by atoms with Gasteiger partial charge in [-0.3, -0.25) is 14.7 Å². The highest BCUT2D eigenvalue weighted by molar-refractivity contribution is 6.20. The molecular formula is C28H41ClF4N4O3. The molecule has 0 bridgehead atoms. The third kappa shape index (κ3) is 6.25. The number of piperazine rings is 1. The standard InChI is InChI=1S/C28H41ClF4N4O3/c1-40-22-10-9-20(30)14-21(22)26-35-24(16-5-7-19(29)8-6-16)25(17-3-2-4-18(13-17)28(31,32)33)37(26)27(39)36-12-11-34-23(38)15-36/h16-22,24-25H,2-15H2,1H3,(H,34,38). The average Bonchev–Trinajstić information content (AvgIpc) is 3.33. The van der Waals surface area contributed by atoms with E-state index in [9.17, 15) is 27.2 Å². The van der Waals surface area contributed by atoms with Crippen LogP contribution in [0.2, 0.25) is 0 Å². The van der Waals surface area contributed by atoms with Crippen LogP contribution in [-0.4, -0.2) is 90.2 Å². The lowest BCUT2D eigenvalue weighted by atomic mass is 9.71. The van der Waals surface area contributed by atoms with Crippen molar-refractivity contribution in [2.24, 2.45) is 28.7 Å². The van der Waals surface area contributed by atoms with Crippen molar-refractivity contribution in [3.63, 3.8) is 0 Å². The minimum atomic E-state index is -4.31. The van der Waals surface area contributed by atoms with Gasteiger partial charge in [0.05, 0.1) is 24.1 Å². The molecule has 1 saturated heterocycles. The lowest BCUT2D eigenvalue weighted by Gasteiger charge is -2.44. The Bertz CT molecular complexity index is 960. The number of ether oxygens (including phenoxy) is 1. The fourth-order valence-corrected chi connectivity index (χ4v) is 8.08. The van der Waals surface area contributed by atoms with E-state index in [1.165, 1.54) is 4.90 Å². The number of rotatable bonds is 4. The van der Waals surface area contributed by atoms with Gasteiger partial charge >= 0.3 is 12.2 Å².